The lowest BCUT2D eigenvalue weighted by Crippen LogP contribution is -2.40. The summed E-state index contributed by atoms with van der Waals surface area (Å²) in [6, 6.07) is 11.9. The number of benzene rings is 2. The van der Waals surface area contributed by atoms with Crippen LogP contribution in [0.4, 0.5) is 24.5 Å². The van der Waals surface area contributed by atoms with E-state index in [0.29, 0.717) is 24.8 Å². The number of halogens is 3. The number of ether oxygens (including phenoxy) is 1. The zero-order valence-electron chi connectivity index (χ0n) is 17.6. The molecule has 4 nitrogen and oxygen atoms in total. The predicted octanol–water partition coefficient (Wildman–Crippen LogP) is 6.11. The van der Waals surface area contributed by atoms with Crippen LogP contribution >= 0.6 is 0 Å². The second-order valence-electron chi connectivity index (χ2n) is 8.38. The topological polar surface area (TPSA) is 36.5 Å². The highest BCUT2D eigenvalue weighted by molar-refractivity contribution is 5.61. The largest absolute Gasteiger partial charge is 0.412 e. The summed E-state index contributed by atoms with van der Waals surface area (Å²) < 4.78 is 46.9. The highest BCUT2D eigenvalue weighted by Crippen LogP contribution is 2.40. The molecule has 0 radical (unpaired) electrons. The molecule has 0 bridgehead atoms. The normalized spacial score (nSPS) is 19.7. The lowest BCUT2D eigenvalue weighted by molar-refractivity contribution is -0.144. The summed E-state index contributed by atoms with van der Waals surface area (Å²) in [5.41, 5.74) is 6.30. The molecule has 168 valence electrons. The van der Waals surface area contributed by atoms with E-state index in [-0.39, 0.29) is 5.56 Å². The molecule has 0 spiro atoms. The Labute approximate surface area is 181 Å². The summed E-state index contributed by atoms with van der Waals surface area (Å²) in [5.74, 6) is 0.361. The Morgan fingerprint density at radius 2 is 1.65 bits per heavy atom. The number of alkyl halides is 3. The molecular weight excluding hydrogens is 403 g/mol. The molecule has 7 heteroatoms. The van der Waals surface area contributed by atoms with Gasteiger partial charge in [-0.25, -0.2) is 5.01 Å². The molecule has 1 saturated carbocycles. The third-order valence-electron chi connectivity index (χ3n) is 6.16. The first-order valence-corrected chi connectivity index (χ1v) is 11.1. The van der Waals surface area contributed by atoms with Gasteiger partial charge in [0, 0.05) is 18.8 Å². The van der Waals surface area contributed by atoms with Crippen LogP contribution in [0.5, 0.6) is 0 Å². The van der Waals surface area contributed by atoms with E-state index in [1.165, 1.54) is 18.6 Å². The highest BCUT2D eigenvalue weighted by atomic mass is 19.4. The number of anilines is 2. The summed E-state index contributed by atoms with van der Waals surface area (Å²) in [4.78, 5) is 0. The summed E-state index contributed by atoms with van der Waals surface area (Å²) in [5, 5.41) is 4.88. The number of hydrazine groups is 1. The molecule has 2 N–H and O–H groups in total. The van der Waals surface area contributed by atoms with Crippen LogP contribution in [0.1, 0.15) is 55.2 Å². The van der Waals surface area contributed by atoms with Gasteiger partial charge in [0.2, 0.25) is 0 Å². The van der Waals surface area contributed by atoms with Gasteiger partial charge in [0.1, 0.15) is 6.04 Å². The standard InChI is InChI=1S/C24H30F3N3O/c25-24(26,27)23(19-9-5-2-6-10-19)28-20-11-12-22(29-30-13-15-31-16-14-30)21(17-20)18-7-3-1-4-8-18/h2,5-6,9-12,17-18,23,28-29H,1,3-4,7-8,13-16H2. The minimum absolute atomic E-state index is 0.213. The summed E-state index contributed by atoms with van der Waals surface area (Å²) in [6.45, 7) is 2.92. The van der Waals surface area contributed by atoms with Crippen molar-refractivity contribution in [3.63, 3.8) is 0 Å². The number of morpholine rings is 1. The van der Waals surface area contributed by atoms with Crippen LogP contribution in [0, 0.1) is 0 Å². The monoisotopic (exact) mass is 433 g/mol. The van der Waals surface area contributed by atoms with E-state index < -0.39 is 12.2 Å². The van der Waals surface area contributed by atoms with Gasteiger partial charge in [-0.05, 0) is 48.1 Å². The van der Waals surface area contributed by atoms with Crippen LogP contribution in [0.25, 0.3) is 0 Å². The van der Waals surface area contributed by atoms with Gasteiger partial charge in [0.25, 0.3) is 0 Å². The molecule has 31 heavy (non-hydrogen) atoms. The quantitative estimate of drug-likeness (QED) is 0.576. The van der Waals surface area contributed by atoms with Crippen molar-refractivity contribution in [3.05, 3.63) is 59.7 Å². The van der Waals surface area contributed by atoms with Crippen LogP contribution in [0.2, 0.25) is 0 Å². The molecule has 1 atom stereocenters. The first kappa shape index (κ1) is 22.0. The molecule has 1 heterocycles. The maximum Gasteiger partial charge on any atom is 0.412 e. The molecular formula is C24H30F3N3O. The number of nitrogens with zero attached hydrogens (tertiary/aromatic N) is 1. The molecule has 2 fully saturated rings. The van der Waals surface area contributed by atoms with E-state index in [9.17, 15) is 13.2 Å². The van der Waals surface area contributed by atoms with Crippen LogP contribution in [-0.2, 0) is 4.74 Å². The fourth-order valence-corrected chi connectivity index (χ4v) is 4.52. The maximum atomic E-state index is 13.8. The molecule has 4 rings (SSSR count). The van der Waals surface area contributed by atoms with Crippen molar-refractivity contribution >= 4 is 11.4 Å². The fourth-order valence-electron chi connectivity index (χ4n) is 4.52. The van der Waals surface area contributed by atoms with E-state index in [4.69, 9.17) is 4.74 Å². The molecule has 2 aromatic carbocycles. The van der Waals surface area contributed by atoms with Crippen molar-refractivity contribution < 1.29 is 17.9 Å². The van der Waals surface area contributed by atoms with Gasteiger partial charge in [-0.3, -0.25) is 0 Å². The van der Waals surface area contributed by atoms with Gasteiger partial charge in [-0.15, -0.1) is 0 Å². The van der Waals surface area contributed by atoms with Crippen molar-refractivity contribution in [2.24, 2.45) is 0 Å². The predicted molar refractivity (Wildman–Crippen MR) is 117 cm³/mol. The number of nitrogens with one attached hydrogen (secondary N) is 2. The zero-order chi connectivity index (χ0) is 21.7. The van der Waals surface area contributed by atoms with Crippen LogP contribution in [0.15, 0.2) is 48.5 Å². The molecule has 1 saturated heterocycles. The highest BCUT2D eigenvalue weighted by Gasteiger charge is 2.41. The first-order valence-electron chi connectivity index (χ1n) is 11.1. The van der Waals surface area contributed by atoms with E-state index >= 15 is 0 Å². The van der Waals surface area contributed by atoms with Crippen molar-refractivity contribution in [1.82, 2.24) is 5.01 Å². The van der Waals surface area contributed by atoms with E-state index in [0.717, 1.165) is 50.0 Å². The Morgan fingerprint density at radius 3 is 2.32 bits per heavy atom. The smallest absolute Gasteiger partial charge is 0.379 e. The molecule has 1 aliphatic heterocycles. The van der Waals surface area contributed by atoms with Crippen LogP contribution in [0.3, 0.4) is 0 Å². The second-order valence-corrected chi connectivity index (χ2v) is 8.38. The van der Waals surface area contributed by atoms with E-state index in [1.54, 1.807) is 24.3 Å². The van der Waals surface area contributed by atoms with Gasteiger partial charge >= 0.3 is 6.18 Å². The number of hydrogen-bond donors (Lipinski definition) is 2. The number of hydrogen-bond acceptors (Lipinski definition) is 4. The van der Waals surface area contributed by atoms with Crippen molar-refractivity contribution in [2.75, 3.05) is 37.0 Å². The average molecular weight is 434 g/mol. The molecule has 1 aliphatic carbocycles. The average Bonchev–Trinajstić information content (AvgIpc) is 2.79. The van der Waals surface area contributed by atoms with Crippen LogP contribution in [-0.4, -0.2) is 37.5 Å². The first-order chi connectivity index (χ1) is 15.0. The van der Waals surface area contributed by atoms with Gasteiger partial charge < -0.3 is 15.5 Å². The third kappa shape index (κ3) is 5.71. The molecule has 1 unspecified atom stereocenters. The van der Waals surface area contributed by atoms with Gasteiger partial charge in [-0.2, -0.15) is 13.2 Å². The van der Waals surface area contributed by atoms with E-state index in [2.05, 4.69) is 15.8 Å². The number of rotatable bonds is 6. The molecule has 0 aromatic heterocycles. The molecule has 2 aromatic rings. The lowest BCUT2D eigenvalue weighted by Gasteiger charge is -2.32. The molecule has 0 amide bonds. The summed E-state index contributed by atoms with van der Waals surface area (Å²) in [6.07, 6.45) is 1.30. The van der Waals surface area contributed by atoms with Crippen molar-refractivity contribution in [2.45, 2.75) is 50.2 Å². The fraction of sp³-hybridized carbons (Fsp3) is 0.500. The van der Waals surface area contributed by atoms with Gasteiger partial charge in [0.05, 0.1) is 18.9 Å². The lowest BCUT2D eigenvalue weighted by atomic mass is 9.83. The SMILES string of the molecule is FC(F)(F)C(Nc1ccc(NN2CCOCC2)c(C2CCCCC2)c1)c1ccccc1. The maximum absolute atomic E-state index is 13.8. The minimum atomic E-state index is -4.39. The Bertz CT molecular complexity index is 832. The summed E-state index contributed by atoms with van der Waals surface area (Å²) in [7, 11) is 0. The van der Waals surface area contributed by atoms with Gasteiger partial charge in [0.15, 0.2) is 0 Å². The second kappa shape index (κ2) is 9.92. The summed E-state index contributed by atoms with van der Waals surface area (Å²) >= 11 is 0. The Hall–Kier alpha value is -2.25. The molecule has 2 aliphatic rings. The van der Waals surface area contributed by atoms with Gasteiger partial charge in [-0.1, -0.05) is 49.6 Å². The van der Waals surface area contributed by atoms with Crippen molar-refractivity contribution in [3.8, 4) is 0 Å². The Morgan fingerprint density at radius 1 is 0.935 bits per heavy atom. The van der Waals surface area contributed by atoms with Crippen molar-refractivity contribution in [1.29, 1.82) is 0 Å². The Balaban J connectivity index is 1.61. The van der Waals surface area contributed by atoms with E-state index in [1.807, 2.05) is 12.1 Å². The third-order valence-corrected chi connectivity index (χ3v) is 6.16. The zero-order valence-corrected chi connectivity index (χ0v) is 17.6. The Kier molecular flexibility index (Phi) is 7.02. The minimum Gasteiger partial charge on any atom is -0.379 e. The van der Waals surface area contributed by atoms with Crippen LogP contribution < -0.4 is 10.7 Å².